The van der Waals surface area contributed by atoms with Gasteiger partial charge in [0.15, 0.2) is 0 Å². The van der Waals surface area contributed by atoms with Crippen LogP contribution in [-0.2, 0) is 4.79 Å². The average Bonchev–Trinajstić information content (AvgIpc) is 1.65. The highest BCUT2D eigenvalue weighted by Crippen LogP contribution is 2.08. The van der Waals surface area contributed by atoms with Gasteiger partial charge in [0.2, 0.25) is 0 Å². The third-order valence-corrected chi connectivity index (χ3v) is 1.12. The molecule has 40 valence electrons. The summed E-state index contributed by atoms with van der Waals surface area (Å²) >= 11 is 5.29. The molecule has 0 heterocycles. The minimum atomic E-state index is 0.124. The summed E-state index contributed by atoms with van der Waals surface area (Å²) in [5.74, 6) is 1.72. The second-order valence-corrected chi connectivity index (χ2v) is 2.01. The molecule has 0 aromatic carbocycles. The van der Waals surface area contributed by atoms with Crippen LogP contribution in [0, 0.1) is 5.92 Å². The van der Waals surface area contributed by atoms with Crippen LogP contribution in [-0.4, -0.2) is 5.94 Å². The van der Waals surface area contributed by atoms with Gasteiger partial charge in [-0.25, -0.2) is 4.79 Å². The number of rotatable bonds is 1. The molecule has 0 saturated heterocycles. The lowest BCUT2D eigenvalue weighted by molar-refractivity contribution is 0.565. The molecule has 0 spiro atoms. The molecular formula is C5H7ClO. The van der Waals surface area contributed by atoms with Crippen molar-refractivity contribution in [3.63, 3.8) is 0 Å². The Labute approximate surface area is 48.0 Å². The maximum atomic E-state index is 9.65. The van der Waals surface area contributed by atoms with E-state index in [1.54, 1.807) is 5.94 Å². The van der Waals surface area contributed by atoms with Crippen molar-refractivity contribution in [3.05, 3.63) is 5.03 Å². The summed E-state index contributed by atoms with van der Waals surface area (Å²) in [4.78, 5) is 9.65. The molecule has 0 bridgehead atoms. The first-order valence-electron chi connectivity index (χ1n) is 2.09. The first-order chi connectivity index (χ1) is 3.18. The minimum absolute atomic E-state index is 0.124. The fourth-order valence-electron chi connectivity index (χ4n) is 0.118. The molecular weight excluding hydrogens is 112 g/mol. The maximum Gasteiger partial charge on any atom is 0.140 e. The molecule has 0 amide bonds. The van der Waals surface area contributed by atoms with Crippen molar-refractivity contribution in [2.75, 3.05) is 0 Å². The third-order valence-electron chi connectivity index (χ3n) is 0.604. The molecule has 0 aromatic heterocycles. The second kappa shape index (κ2) is 2.84. The van der Waals surface area contributed by atoms with Crippen LogP contribution in [0.4, 0.5) is 0 Å². The van der Waals surface area contributed by atoms with Gasteiger partial charge in [-0.05, 0) is 5.92 Å². The van der Waals surface area contributed by atoms with Gasteiger partial charge < -0.3 is 0 Å². The van der Waals surface area contributed by atoms with Crippen LogP contribution >= 0.6 is 11.6 Å². The summed E-state index contributed by atoms with van der Waals surface area (Å²) in [5, 5.41) is 0.264. The van der Waals surface area contributed by atoms with E-state index in [4.69, 9.17) is 11.6 Å². The Morgan fingerprint density at radius 1 is 1.71 bits per heavy atom. The molecule has 0 saturated carbocycles. The van der Waals surface area contributed by atoms with E-state index >= 15 is 0 Å². The minimum Gasteiger partial charge on any atom is -0.232 e. The van der Waals surface area contributed by atoms with Crippen LogP contribution < -0.4 is 0 Å². The molecule has 0 aliphatic carbocycles. The summed E-state index contributed by atoms with van der Waals surface area (Å²) in [6.45, 7) is 3.68. The fourth-order valence-corrected chi connectivity index (χ4v) is 0.118. The van der Waals surface area contributed by atoms with Crippen molar-refractivity contribution in [1.29, 1.82) is 0 Å². The lowest BCUT2D eigenvalue weighted by atomic mass is 10.2. The first kappa shape index (κ1) is 6.74. The predicted octanol–water partition coefficient (Wildman–Crippen LogP) is 1.60. The summed E-state index contributed by atoms with van der Waals surface area (Å²) in [7, 11) is 0. The van der Waals surface area contributed by atoms with E-state index in [0.29, 0.717) is 0 Å². The summed E-state index contributed by atoms with van der Waals surface area (Å²) in [5.41, 5.74) is 0. The van der Waals surface area contributed by atoms with Crippen LogP contribution in [0.5, 0.6) is 0 Å². The van der Waals surface area contributed by atoms with Gasteiger partial charge in [-0.2, -0.15) is 0 Å². The lowest BCUT2D eigenvalue weighted by Crippen LogP contribution is -1.84. The Balaban J connectivity index is 3.81. The molecule has 0 rings (SSSR count). The monoisotopic (exact) mass is 118 g/mol. The van der Waals surface area contributed by atoms with Gasteiger partial charge in [-0.3, -0.25) is 0 Å². The third kappa shape index (κ3) is 2.44. The molecule has 0 N–H and O–H groups in total. The van der Waals surface area contributed by atoms with Crippen molar-refractivity contribution in [3.8, 4) is 0 Å². The highest BCUT2D eigenvalue weighted by Gasteiger charge is 1.96. The molecule has 0 radical (unpaired) electrons. The number of allylic oxidation sites excluding steroid dienone is 1. The Morgan fingerprint density at radius 2 is 2.14 bits per heavy atom. The van der Waals surface area contributed by atoms with Crippen molar-refractivity contribution >= 4 is 17.5 Å². The van der Waals surface area contributed by atoms with E-state index in [1.165, 1.54) is 0 Å². The van der Waals surface area contributed by atoms with Gasteiger partial charge in [0.1, 0.15) is 11.0 Å². The molecule has 0 aliphatic heterocycles. The zero-order valence-corrected chi connectivity index (χ0v) is 5.12. The predicted molar refractivity (Wildman–Crippen MR) is 29.9 cm³/mol. The van der Waals surface area contributed by atoms with Crippen LogP contribution in [0.2, 0.25) is 0 Å². The Kier molecular flexibility index (Phi) is 2.73. The zero-order chi connectivity index (χ0) is 5.86. The Bertz CT molecular complexity index is 101. The summed E-state index contributed by atoms with van der Waals surface area (Å²) < 4.78 is 0. The van der Waals surface area contributed by atoms with E-state index in [-0.39, 0.29) is 11.0 Å². The van der Waals surface area contributed by atoms with Crippen LogP contribution in [0.25, 0.3) is 0 Å². The molecule has 2 heteroatoms. The number of carbonyl (C=O) groups excluding carboxylic acids is 1. The van der Waals surface area contributed by atoms with Gasteiger partial charge >= 0.3 is 0 Å². The standard InChI is InChI=1S/C5H7ClO/c1-4(2)5(6)3-7/h4H,1-2H3. The van der Waals surface area contributed by atoms with Gasteiger partial charge in [0.25, 0.3) is 0 Å². The van der Waals surface area contributed by atoms with Crippen molar-refractivity contribution in [2.24, 2.45) is 5.92 Å². The number of halogens is 1. The molecule has 1 nitrogen and oxygen atoms in total. The second-order valence-electron chi connectivity index (χ2n) is 1.60. The summed E-state index contributed by atoms with van der Waals surface area (Å²) in [6.07, 6.45) is 0. The van der Waals surface area contributed by atoms with Gasteiger partial charge in [-0.15, -0.1) is 0 Å². The van der Waals surface area contributed by atoms with Gasteiger partial charge in [-0.1, -0.05) is 25.4 Å². The normalized spacial score (nSPS) is 8.57. The fraction of sp³-hybridized carbons (Fsp3) is 0.600. The average molecular weight is 119 g/mol. The van der Waals surface area contributed by atoms with E-state index in [2.05, 4.69) is 0 Å². The molecule has 0 aliphatic rings. The van der Waals surface area contributed by atoms with Crippen molar-refractivity contribution in [1.82, 2.24) is 0 Å². The van der Waals surface area contributed by atoms with Gasteiger partial charge in [0.05, 0.1) is 0 Å². The Morgan fingerprint density at radius 3 is 2.14 bits per heavy atom. The number of hydrogen-bond acceptors (Lipinski definition) is 1. The topological polar surface area (TPSA) is 17.1 Å². The van der Waals surface area contributed by atoms with E-state index < -0.39 is 0 Å². The molecule has 0 fully saturated rings. The highest BCUT2D eigenvalue weighted by atomic mass is 35.5. The molecule has 0 aromatic rings. The zero-order valence-electron chi connectivity index (χ0n) is 4.36. The van der Waals surface area contributed by atoms with E-state index in [0.717, 1.165) is 0 Å². The molecule has 0 atom stereocenters. The molecule has 0 unspecified atom stereocenters. The van der Waals surface area contributed by atoms with Crippen LogP contribution in [0.15, 0.2) is 5.03 Å². The maximum absolute atomic E-state index is 9.65. The van der Waals surface area contributed by atoms with Crippen LogP contribution in [0.1, 0.15) is 13.8 Å². The molecule has 7 heavy (non-hydrogen) atoms. The Hall–Kier alpha value is -0.260. The highest BCUT2D eigenvalue weighted by molar-refractivity contribution is 6.33. The van der Waals surface area contributed by atoms with Gasteiger partial charge in [0, 0.05) is 0 Å². The van der Waals surface area contributed by atoms with Crippen molar-refractivity contribution < 1.29 is 4.79 Å². The SMILES string of the molecule is CC(C)C(Cl)=C=O. The van der Waals surface area contributed by atoms with Crippen LogP contribution in [0.3, 0.4) is 0 Å². The largest absolute Gasteiger partial charge is 0.232 e. The van der Waals surface area contributed by atoms with Crippen molar-refractivity contribution in [2.45, 2.75) is 13.8 Å². The summed E-state index contributed by atoms with van der Waals surface area (Å²) in [6, 6.07) is 0. The smallest absolute Gasteiger partial charge is 0.140 e. The quantitative estimate of drug-likeness (QED) is 0.478. The number of hydrogen-bond donors (Lipinski definition) is 0. The lowest BCUT2D eigenvalue weighted by Gasteiger charge is -1.91. The van der Waals surface area contributed by atoms with E-state index in [1.807, 2.05) is 13.8 Å². The van der Waals surface area contributed by atoms with E-state index in [9.17, 15) is 4.79 Å². The first-order valence-corrected chi connectivity index (χ1v) is 2.46.